The molecule has 1 atom stereocenters. The van der Waals surface area contributed by atoms with Crippen molar-refractivity contribution in [3.8, 4) is 0 Å². The third-order valence-electron chi connectivity index (χ3n) is 5.12. The highest BCUT2D eigenvalue weighted by molar-refractivity contribution is 6.60. The maximum Gasteiger partial charge on any atom is 0.500 e. The first-order chi connectivity index (χ1) is 12.8. The Morgan fingerprint density at radius 3 is 1.78 bits per heavy atom. The zero-order chi connectivity index (χ0) is 20.9. The molecule has 0 aliphatic carbocycles. The quantitative estimate of drug-likeness (QED) is 0.249. The smallest absolute Gasteiger partial charge is 0.481 e. The summed E-state index contributed by atoms with van der Waals surface area (Å²) >= 11 is 0. The highest BCUT2D eigenvalue weighted by atomic mass is 28.4. The van der Waals surface area contributed by atoms with Crippen LogP contribution in [0.1, 0.15) is 58.8 Å². The van der Waals surface area contributed by atoms with Gasteiger partial charge in [-0.25, -0.2) is 0 Å². The lowest BCUT2D eigenvalue weighted by Gasteiger charge is -2.36. The number of nitrogens with one attached hydrogen (secondary N) is 1. The van der Waals surface area contributed by atoms with Crippen molar-refractivity contribution in [1.82, 2.24) is 5.32 Å². The average Bonchev–Trinajstić information content (AvgIpc) is 2.66. The van der Waals surface area contributed by atoms with Crippen LogP contribution < -0.4 is 5.32 Å². The summed E-state index contributed by atoms with van der Waals surface area (Å²) in [5, 5.41) is 22.7. The minimum Gasteiger partial charge on any atom is -0.481 e. The third kappa shape index (κ3) is 7.50. The molecule has 0 bridgehead atoms. The number of rotatable bonds is 17. The molecule has 27 heavy (non-hydrogen) atoms. The fourth-order valence-electron chi connectivity index (χ4n) is 3.36. The largest absolute Gasteiger partial charge is 0.500 e. The van der Waals surface area contributed by atoms with Crippen molar-refractivity contribution < 1.29 is 33.1 Å². The monoisotopic (exact) mass is 407 g/mol. The van der Waals surface area contributed by atoms with E-state index in [4.69, 9.17) is 13.3 Å². The lowest BCUT2D eigenvalue weighted by Crippen LogP contribution is -2.55. The fraction of sp³-hybridized carbons (Fsp3) is 0.889. The summed E-state index contributed by atoms with van der Waals surface area (Å²) in [5.74, 6) is -2.17. The molecule has 0 rings (SSSR count). The molecular weight excluding hydrogens is 370 g/mol. The molecule has 8 nitrogen and oxygen atoms in total. The van der Waals surface area contributed by atoms with Crippen LogP contribution >= 0.6 is 0 Å². The van der Waals surface area contributed by atoms with Crippen LogP contribution in [-0.2, 0) is 22.9 Å². The Hall–Kier alpha value is -1.00. The molecule has 0 aliphatic rings. The highest BCUT2D eigenvalue weighted by Crippen LogP contribution is 2.36. The Kier molecular flexibility index (Phi) is 12.7. The molecule has 0 aliphatic heterocycles. The van der Waals surface area contributed by atoms with Crippen LogP contribution in [0.5, 0.6) is 0 Å². The molecule has 0 aromatic heterocycles. The first-order valence-electron chi connectivity index (χ1n) is 9.64. The van der Waals surface area contributed by atoms with Gasteiger partial charge < -0.3 is 28.8 Å². The van der Waals surface area contributed by atoms with Crippen LogP contribution in [0.4, 0.5) is 0 Å². The van der Waals surface area contributed by atoms with E-state index in [-0.39, 0.29) is 0 Å². The Bertz CT molecular complexity index is 427. The van der Waals surface area contributed by atoms with Crippen molar-refractivity contribution in [2.45, 2.75) is 70.9 Å². The van der Waals surface area contributed by atoms with Crippen molar-refractivity contribution in [3.05, 3.63) is 0 Å². The lowest BCUT2D eigenvalue weighted by molar-refractivity contribution is -0.160. The molecular formula is C18H37NO7Si. The maximum absolute atomic E-state index is 12.2. The summed E-state index contributed by atoms with van der Waals surface area (Å²) in [5.41, 5.74) is -1.31. The summed E-state index contributed by atoms with van der Waals surface area (Å²) in [6, 6.07) is -0.628. The van der Waals surface area contributed by atoms with Crippen molar-refractivity contribution >= 4 is 20.7 Å². The van der Waals surface area contributed by atoms with Gasteiger partial charge in [-0.3, -0.25) is 9.59 Å². The Morgan fingerprint density at radius 2 is 1.44 bits per heavy atom. The van der Waals surface area contributed by atoms with E-state index in [1.807, 2.05) is 13.8 Å². The van der Waals surface area contributed by atoms with Gasteiger partial charge in [0.25, 0.3) is 0 Å². The van der Waals surface area contributed by atoms with Crippen LogP contribution in [-0.4, -0.2) is 64.9 Å². The molecule has 0 unspecified atom stereocenters. The molecule has 0 spiro atoms. The van der Waals surface area contributed by atoms with Gasteiger partial charge in [0.05, 0.1) is 5.41 Å². The van der Waals surface area contributed by atoms with E-state index in [1.54, 1.807) is 0 Å². The Morgan fingerprint density at radius 1 is 0.963 bits per heavy atom. The minimum absolute atomic E-state index is 0.342. The van der Waals surface area contributed by atoms with E-state index in [2.05, 4.69) is 5.32 Å². The van der Waals surface area contributed by atoms with Crippen LogP contribution in [0.25, 0.3) is 0 Å². The van der Waals surface area contributed by atoms with E-state index in [0.29, 0.717) is 44.7 Å². The van der Waals surface area contributed by atoms with Crippen LogP contribution in [0.15, 0.2) is 0 Å². The molecule has 160 valence electrons. The van der Waals surface area contributed by atoms with Gasteiger partial charge in [-0.1, -0.05) is 39.5 Å². The summed E-state index contributed by atoms with van der Waals surface area (Å²) in [6.07, 6.45) is 4.23. The van der Waals surface area contributed by atoms with Crippen LogP contribution in [0.2, 0.25) is 6.04 Å². The molecule has 0 amide bonds. The molecule has 0 aromatic carbocycles. The zero-order valence-corrected chi connectivity index (χ0v) is 18.4. The minimum atomic E-state index is -2.73. The number of unbranched alkanes of at least 4 members (excludes halogenated alkanes) is 2. The van der Waals surface area contributed by atoms with Gasteiger partial charge in [-0.05, 0) is 25.8 Å². The topological polar surface area (TPSA) is 114 Å². The fourth-order valence-corrected chi connectivity index (χ4v) is 5.08. The zero-order valence-electron chi connectivity index (χ0n) is 17.4. The van der Waals surface area contributed by atoms with E-state index >= 15 is 0 Å². The Balaban J connectivity index is 5.25. The Labute approximate surface area is 163 Å². The summed E-state index contributed by atoms with van der Waals surface area (Å²) in [6.45, 7) is 4.29. The third-order valence-corrected chi connectivity index (χ3v) is 7.95. The molecule has 3 N–H and O–H groups in total. The summed E-state index contributed by atoms with van der Waals surface area (Å²) in [7, 11) is 1.85. The second-order valence-electron chi connectivity index (χ2n) is 6.79. The molecule has 0 fully saturated rings. The number of carbonyl (C=O) groups is 2. The van der Waals surface area contributed by atoms with E-state index in [0.717, 1.165) is 12.8 Å². The van der Waals surface area contributed by atoms with Gasteiger partial charge in [0.1, 0.15) is 6.04 Å². The number of carboxylic acids is 2. The average molecular weight is 408 g/mol. The van der Waals surface area contributed by atoms with Crippen molar-refractivity contribution in [2.75, 3.05) is 27.9 Å². The molecule has 0 radical (unpaired) electrons. The van der Waals surface area contributed by atoms with Gasteiger partial charge in [-0.15, -0.1) is 0 Å². The van der Waals surface area contributed by atoms with Gasteiger partial charge in [0, 0.05) is 27.4 Å². The molecule has 0 saturated carbocycles. The van der Waals surface area contributed by atoms with Crippen LogP contribution in [0, 0.1) is 5.41 Å². The van der Waals surface area contributed by atoms with Crippen LogP contribution in [0.3, 0.4) is 0 Å². The standard InChI is InChI=1S/C18H37NO7Si/c1-6-8-11-18(17(22)23,12-9-7-2)15(16(20)21)19-13-10-14-27(24-3,25-4)26-5/h15,19H,6-14H2,1-5H3,(H,20,21)(H,22,23)/t15-/m1/s1. The van der Waals surface area contributed by atoms with Crippen molar-refractivity contribution in [2.24, 2.45) is 5.41 Å². The van der Waals surface area contributed by atoms with Crippen molar-refractivity contribution in [1.29, 1.82) is 0 Å². The highest BCUT2D eigenvalue weighted by Gasteiger charge is 2.48. The predicted octanol–water partition coefficient (Wildman–Crippen LogP) is 2.75. The molecule has 0 heterocycles. The summed E-state index contributed by atoms with van der Waals surface area (Å²) < 4.78 is 16.1. The maximum atomic E-state index is 12.2. The van der Waals surface area contributed by atoms with Gasteiger partial charge >= 0.3 is 20.7 Å². The predicted molar refractivity (Wildman–Crippen MR) is 105 cm³/mol. The van der Waals surface area contributed by atoms with Gasteiger partial charge in [0.15, 0.2) is 0 Å². The van der Waals surface area contributed by atoms with Gasteiger partial charge in [-0.2, -0.15) is 0 Å². The SMILES string of the molecule is CCCCC(CCCC)(C(=O)O)[C@H](NCCC[Si](OC)(OC)OC)C(=O)O. The first kappa shape index (κ1) is 26.0. The van der Waals surface area contributed by atoms with Gasteiger partial charge in [0.2, 0.25) is 0 Å². The number of aliphatic carboxylic acids is 2. The molecule has 0 aromatic rings. The normalized spacial score (nSPS) is 13.5. The van der Waals surface area contributed by atoms with E-state index < -0.39 is 32.2 Å². The first-order valence-corrected chi connectivity index (χ1v) is 11.6. The lowest BCUT2D eigenvalue weighted by atomic mass is 9.72. The molecule has 0 saturated heterocycles. The van der Waals surface area contributed by atoms with E-state index in [9.17, 15) is 19.8 Å². The number of hydrogen-bond acceptors (Lipinski definition) is 6. The second-order valence-corrected chi connectivity index (χ2v) is 9.88. The summed E-state index contributed by atoms with van der Waals surface area (Å²) in [4.78, 5) is 24.1. The number of hydrogen-bond donors (Lipinski definition) is 3. The number of carboxylic acid groups (broad SMARTS) is 2. The van der Waals surface area contributed by atoms with E-state index in [1.165, 1.54) is 21.3 Å². The molecule has 9 heteroatoms. The van der Waals surface area contributed by atoms with Crippen molar-refractivity contribution in [3.63, 3.8) is 0 Å². The second kappa shape index (κ2) is 13.2.